The number of likely N-dealkylation sites (tertiary alicyclic amines) is 1. The van der Waals surface area contributed by atoms with Gasteiger partial charge in [-0.05, 0) is 36.5 Å². The molecule has 2 bridgehead atoms. The lowest BCUT2D eigenvalue weighted by Gasteiger charge is -2.28. The first-order valence-electron chi connectivity index (χ1n) is 10.4. The quantitative estimate of drug-likeness (QED) is 0.292. The van der Waals surface area contributed by atoms with Crippen molar-refractivity contribution in [3.05, 3.63) is 28.8 Å². The van der Waals surface area contributed by atoms with Crippen molar-refractivity contribution in [1.82, 2.24) is 4.90 Å². The van der Waals surface area contributed by atoms with Crippen molar-refractivity contribution in [2.75, 3.05) is 18.5 Å². The van der Waals surface area contributed by atoms with Crippen molar-refractivity contribution in [2.45, 2.75) is 28.7 Å². The predicted octanol–water partition coefficient (Wildman–Crippen LogP) is 4.01. The lowest BCUT2D eigenvalue weighted by molar-refractivity contribution is -0.149. The first-order valence-corrected chi connectivity index (χ1v) is 12.6. The van der Waals surface area contributed by atoms with Gasteiger partial charge in [0.15, 0.2) is 6.61 Å². The molecule has 1 saturated heterocycles. The zero-order chi connectivity index (χ0) is 24.9. The number of benzene rings is 1. The molecule has 7 nitrogen and oxygen atoms in total. The fraction of sp³-hybridized carbons (Fsp3) is 0.524. The van der Waals surface area contributed by atoms with Crippen molar-refractivity contribution < 1.29 is 37.1 Å². The van der Waals surface area contributed by atoms with Crippen molar-refractivity contribution in [3.63, 3.8) is 0 Å². The van der Waals surface area contributed by atoms with E-state index in [4.69, 9.17) is 16.3 Å². The fourth-order valence-electron chi connectivity index (χ4n) is 5.04. The molecule has 1 aromatic carbocycles. The molecule has 184 valence electrons. The molecule has 1 aromatic rings. The summed E-state index contributed by atoms with van der Waals surface area (Å²) < 4.78 is 43.4. The van der Waals surface area contributed by atoms with E-state index in [1.807, 2.05) is 0 Å². The van der Waals surface area contributed by atoms with Gasteiger partial charge >= 0.3 is 12.1 Å². The second-order valence-electron chi connectivity index (χ2n) is 8.48. The number of amides is 3. The molecule has 0 spiro atoms. The van der Waals surface area contributed by atoms with Crippen LogP contribution in [0, 0.1) is 23.7 Å². The molecule has 3 aliphatic rings. The number of imide groups is 1. The second kappa shape index (κ2) is 9.42. The maximum Gasteiger partial charge on any atom is 0.416 e. The molecule has 6 atom stereocenters. The molecule has 2 aliphatic carbocycles. The van der Waals surface area contributed by atoms with Crippen molar-refractivity contribution >= 4 is 72.8 Å². The van der Waals surface area contributed by atoms with Gasteiger partial charge in [0, 0.05) is 16.2 Å². The number of hydrogen-bond donors (Lipinski definition) is 1. The molecular formula is C21H18Br2ClF3N2O5. The summed E-state index contributed by atoms with van der Waals surface area (Å²) in [6.45, 7) is -0.927. The van der Waals surface area contributed by atoms with Gasteiger partial charge in [-0.3, -0.25) is 24.1 Å². The molecular weight excluding hydrogens is 612 g/mol. The van der Waals surface area contributed by atoms with Gasteiger partial charge in [-0.1, -0.05) is 43.5 Å². The minimum atomic E-state index is -4.62. The van der Waals surface area contributed by atoms with Gasteiger partial charge in [0.25, 0.3) is 5.91 Å². The van der Waals surface area contributed by atoms with Crippen LogP contribution in [0.1, 0.15) is 18.4 Å². The van der Waals surface area contributed by atoms with Crippen LogP contribution in [0.2, 0.25) is 5.02 Å². The zero-order valence-electron chi connectivity index (χ0n) is 17.3. The topological polar surface area (TPSA) is 92.8 Å². The lowest BCUT2D eigenvalue weighted by atomic mass is 9.81. The number of halogens is 6. The number of ether oxygens (including phenoxy) is 1. The first-order chi connectivity index (χ1) is 15.9. The van der Waals surface area contributed by atoms with E-state index in [1.165, 1.54) is 0 Å². The highest BCUT2D eigenvalue weighted by molar-refractivity contribution is 9.12. The van der Waals surface area contributed by atoms with Gasteiger partial charge in [-0.25, -0.2) is 0 Å². The summed E-state index contributed by atoms with van der Waals surface area (Å²) in [7, 11) is 0. The smallest absolute Gasteiger partial charge is 0.416 e. The Bertz CT molecular complexity index is 1020. The second-order valence-corrected chi connectivity index (χ2v) is 11.0. The molecule has 4 rings (SSSR count). The standard InChI is InChI=1S/C21H18Br2ClF3N2O5/c22-17-9-6-10(18(17)23)16-15(9)19(32)29(20(16)33)4-3-14(31)34-7-13(30)28-12-5-8(21(25,26)27)1-2-11(12)24/h1-2,5,9-10,15-18H,3-4,6-7H2,(H,28,30)/t9-,10-,15-,16-,17+,18+/m1/s1. The lowest BCUT2D eigenvalue weighted by Crippen LogP contribution is -2.37. The minimum Gasteiger partial charge on any atom is -0.456 e. The Morgan fingerprint density at radius 1 is 1.12 bits per heavy atom. The molecule has 0 radical (unpaired) electrons. The Balaban J connectivity index is 1.27. The number of alkyl halides is 5. The van der Waals surface area contributed by atoms with E-state index >= 15 is 0 Å². The number of anilines is 1. The molecule has 1 aliphatic heterocycles. The highest BCUT2D eigenvalue weighted by Gasteiger charge is 2.66. The first kappa shape index (κ1) is 25.4. The number of nitrogens with one attached hydrogen (secondary N) is 1. The Morgan fingerprint density at radius 2 is 1.71 bits per heavy atom. The summed E-state index contributed by atoms with van der Waals surface area (Å²) >= 11 is 13.0. The van der Waals surface area contributed by atoms with E-state index in [-0.39, 0.29) is 57.0 Å². The number of hydrogen-bond acceptors (Lipinski definition) is 5. The van der Waals surface area contributed by atoms with E-state index in [0.29, 0.717) is 6.07 Å². The molecule has 3 amide bonds. The highest BCUT2D eigenvalue weighted by Crippen LogP contribution is 2.60. The zero-order valence-corrected chi connectivity index (χ0v) is 21.2. The van der Waals surface area contributed by atoms with Gasteiger partial charge in [-0.15, -0.1) is 0 Å². The van der Waals surface area contributed by atoms with E-state index in [0.717, 1.165) is 23.5 Å². The van der Waals surface area contributed by atoms with Crippen LogP contribution in [0.3, 0.4) is 0 Å². The summed E-state index contributed by atoms with van der Waals surface area (Å²) in [6.07, 6.45) is -4.14. The average molecular weight is 631 g/mol. The molecule has 1 N–H and O–H groups in total. The van der Waals surface area contributed by atoms with Crippen LogP contribution < -0.4 is 5.32 Å². The number of carbonyl (C=O) groups is 4. The monoisotopic (exact) mass is 628 g/mol. The number of fused-ring (bicyclic) bond motifs is 5. The highest BCUT2D eigenvalue weighted by atomic mass is 79.9. The van der Waals surface area contributed by atoms with Crippen LogP contribution in [0.4, 0.5) is 18.9 Å². The number of rotatable bonds is 6. The molecule has 0 aromatic heterocycles. The summed E-state index contributed by atoms with van der Waals surface area (Å²) in [5, 5.41) is 2.05. The Hall–Kier alpha value is -1.66. The molecule has 1 heterocycles. The van der Waals surface area contributed by atoms with Crippen molar-refractivity contribution in [1.29, 1.82) is 0 Å². The van der Waals surface area contributed by atoms with Crippen LogP contribution in [0.25, 0.3) is 0 Å². The fourth-order valence-corrected chi connectivity index (χ4v) is 7.07. The Kier molecular flexibility index (Phi) is 7.05. The van der Waals surface area contributed by atoms with E-state index < -0.39 is 42.1 Å². The van der Waals surface area contributed by atoms with Gasteiger partial charge in [0.1, 0.15) is 0 Å². The summed E-state index contributed by atoms with van der Waals surface area (Å²) in [6, 6.07) is 2.44. The van der Waals surface area contributed by atoms with Crippen LogP contribution in [-0.4, -0.2) is 51.4 Å². The third kappa shape index (κ3) is 4.60. The van der Waals surface area contributed by atoms with Gasteiger partial charge < -0.3 is 10.1 Å². The van der Waals surface area contributed by atoms with Crippen LogP contribution in [0.15, 0.2) is 18.2 Å². The van der Waals surface area contributed by atoms with Gasteiger partial charge in [0.2, 0.25) is 11.8 Å². The summed E-state index contributed by atoms with van der Waals surface area (Å²) in [5.74, 6) is -2.99. The third-order valence-corrected chi connectivity index (χ3v) is 10.1. The maximum atomic E-state index is 12.8. The number of nitrogens with zero attached hydrogens (tertiary/aromatic N) is 1. The average Bonchev–Trinajstić information content (AvgIpc) is 3.37. The number of esters is 1. The Morgan fingerprint density at radius 3 is 2.26 bits per heavy atom. The van der Waals surface area contributed by atoms with Crippen LogP contribution in [-0.2, 0) is 30.1 Å². The summed E-state index contributed by atoms with van der Waals surface area (Å²) in [5.41, 5.74) is -1.28. The SMILES string of the molecule is O=C(COC(=O)CCN1C(=O)[C@@H]2[C@H]3C[C@@H]([C@H](Br)[C@H]3Br)[C@H]2C1=O)Nc1cc(C(F)(F)F)ccc1Cl. The van der Waals surface area contributed by atoms with Crippen LogP contribution in [0.5, 0.6) is 0 Å². The molecule has 13 heteroatoms. The maximum absolute atomic E-state index is 12.8. The third-order valence-electron chi connectivity index (χ3n) is 6.55. The minimum absolute atomic E-state index is 0.0548. The molecule has 0 unspecified atom stereocenters. The number of carbonyl (C=O) groups excluding carboxylic acids is 4. The van der Waals surface area contributed by atoms with Crippen molar-refractivity contribution in [2.24, 2.45) is 23.7 Å². The van der Waals surface area contributed by atoms with Crippen molar-refractivity contribution in [3.8, 4) is 0 Å². The normalized spacial score (nSPS) is 30.0. The molecule has 34 heavy (non-hydrogen) atoms. The van der Waals surface area contributed by atoms with Gasteiger partial charge in [0.05, 0.1) is 34.5 Å². The van der Waals surface area contributed by atoms with Gasteiger partial charge in [-0.2, -0.15) is 13.2 Å². The van der Waals surface area contributed by atoms with E-state index in [2.05, 4.69) is 37.2 Å². The van der Waals surface area contributed by atoms with E-state index in [9.17, 15) is 32.3 Å². The largest absolute Gasteiger partial charge is 0.456 e. The molecule has 3 fully saturated rings. The van der Waals surface area contributed by atoms with Crippen LogP contribution >= 0.6 is 43.5 Å². The summed E-state index contributed by atoms with van der Waals surface area (Å²) in [4.78, 5) is 51.0. The Labute approximate surface area is 213 Å². The predicted molar refractivity (Wildman–Crippen MR) is 121 cm³/mol. The molecule has 2 saturated carbocycles. The van der Waals surface area contributed by atoms with E-state index in [1.54, 1.807) is 0 Å².